The Kier molecular flexibility index (Phi) is 4950. The van der Waals surface area contributed by atoms with Gasteiger partial charge in [0, 0.05) is 0 Å². The van der Waals surface area contributed by atoms with Gasteiger partial charge in [0.05, 0.1) is 0 Å². The zero-order valence-corrected chi connectivity index (χ0v) is 32.3. The monoisotopic (exact) mass is 1020 g/mol. The van der Waals surface area contributed by atoms with E-state index in [-0.39, 0.29) is 361 Å². The normalized spacial score (nSPS) is 0. The van der Waals surface area contributed by atoms with Gasteiger partial charge in [-0.1, -0.05) is 0 Å². The summed E-state index contributed by atoms with van der Waals surface area (Å²) < 4.78 is 0. The predicted molar refractivity (Wildman–Crippen MR) is 53.0 cm³/mol. The largest absolute Gasteiger partial charge is 3.00 e. The molecule has 0 heterocycles. The molecule has 12 nitrogen and oxygen atoms in total. The van der Waals surface area contributed by atoms with E-state index in [0.29, 0.717) is 0 Å². The zero-order valence-electron chi connectivity index (χ0n) is 10.5. The second-order valence-electron chi connectivity index (χ2n) is 0. The van der Waals surface area contributed by atoms with E-state index in [4.69, 9.17) is 0 Å². The molecule has 0 aromatic rings. The second kappa shape index (κ2) is 314. The quantitative estimate of drug-likeness (QED) is 0.267. The molecule has 0 amide bonds. The molecule has 0 aromatic heterocycles. The van der Waals surface area contributed by atoms with E-state index in [0.717, 1.165) is 0 Å². The molecular weight excluding hydrogens is 1040 g/mol. The van der Waals surface area contributed by atoms with Crippen molar-refractivity contribution in [2.45, 2.75) is 0 Å². The number of hydrogen-bond acceptors (Lipinski definition) is 0. The van der Waals surface area contributed by atoms with Gasteiger partial charge in [-0.05, 0) is 0 Å². The van der Waals surface area contributed by atoms with Crippen LogP contribution in [0.4, 0.5) is 0 Å². The van der Waals surface area contributed by atoms with Crippen molar-refractivity contribution >= 4 is 86.8 Å². The summed E-state index contributed by atoms with van der Waals surface area (Å²) in [7, 11) is 0. The molecule has 5 radical (unpaired) electrons. The third-order valence-corrected chi connectivity index (χ3v) is 0. The summed E-state index contributed by atoms with van der Waals surface area (Å²) in [6.07, 6.45) is 0. The van der Waals surface area contributed by atoms with Crippen molar-refractivity contribution in [3.63, 3.8) is 0 Å². The average Bonchev–Trinajstić information content (AvgIpc) is 0. The van der Waals surface area contributed by atoms with Crippen LogP contribution in [0.3, 0.4) is 0 Å². The van der Waals surface area contributed by atoms with Gasteiger partial charge in [0.25, 0.3) is 0 Å². The van der Waals surface area contributed by atoms with E-state index in [1.807, 2.05) is 0 Å². The van der Waals surface area contributed by atoms with Gasteiger partial charge in [-0.3, -0.25) is 0 Å². The van der Waals surface area contributed by atoms with E-state index in [9.17, 15) is 0 Å². The predicted octanol–water partition coefficient (Wildman–Crippen LogP) is -0.885. The first kappa shape index (κ1) is 347. The molecule has 0 aromatic carbocycles. The van der Waals surface area contributed by atoms with E-state index in [1.54, 1.807) is 0 Å². The van der Waals surface area contributed by atoms with Gasteiger partial charge >= 0.3 is 291 Å². The van der Waals surface area contributed by atoms with Crippen molar-refractivity contribution in [1.82, 2.24) is 0 Å². The van der Waals surface area contributed by atoms with Crippen molar-refractivity contribution in [3.05, 3.63) is 36.9 Å². The van der Waals surface area contributed by atoms with Gasteiger partial charge in [-0.15, -0.1) is 0 Å². The SMILES string of the molecule is [Al+3].[Al+3].[Al+3].[Al+3].[Al+3].[N-3].[N-3].[N-3].[N-3].[N-3].[N-3].[Nd+3].[Nd+3].[Nd+3].[Nd+3].[Nd+3].[O-2].[O-2].[O-2].[O-2].[O-2].[O-2]. The standard InChI is InChI=1S/5Al.6N.5Nd.6O/q5*+3;6*-3;5*+3;6*-2. The Bertz CT molecular complexity index is 43.9. The van der Waals surface area contributed by atoms with E-state index in [1.165, 1.54) is 0 Å². The maximum Gasteiger partial charge on any atom is 3.00 e. The third-order valence-electron chi connectivity index (χ3n) is 0. The molecule has 0 bridgehead atoms. The molecule has 101 valence electrons. The average molecular weight is 1040 g/mol. The number of hydrogen-bond donors (Lipinski definition) is 0. The molecular formula is Al5N6Nd5O6. The van der Waals surface area contributed by atoms with Crippen LogP contribution in [-0.2, 0) is 32.9 Å². The van der Waals surface area contributed by atoms with Crippen molar-refractivity contribution in [3.8, 4) is 0 Å². The van der Waals surface area contributed by atoms with Crippen molar-refractivity contribution in [2.24, 2.45) is 0 Å². The van der Waals surface area contributed by atoms with E-state index >= 15 is 0 Å². The first-order valence-corrected chi connectivity index (χ1v) is 0. The molecule has 0 N–H and O–H groups in total. The fourth-order valence-corrected chi connectivity index (χ4v) is 0. The van der Waals surface area contributed by atoms with Gasteiger partial charge in [0.2, 0.25) is 0 Å². The minimum absolute atomic E-state index is 0. The van der Waals surface area contributed by atoms with Gasteiger partial charge in [-0.25, -0.2) is 0 Å². The van der Waals surface area contributed by atoms with Crippen molar-refractivity contribution in [1.29, 1.82) is 0 Å². The molecule has 0 saturated carbocycles. The molecule has 0 aliphatic carbocycles. The Morgan fingerprint density at radius 2 is 0.182 bits per heavy atom. The number of rotatable bonds is 0. The minimum atomic E-state index is 0. The Morgan fingerprint density at radius 3 is 0.182 bits per heavy atom. The van der Waals surface area contributed by atoms with Crippen LogP contribution in [0.5, 0.6) is 0 Å². The summed E-state index contributed by atoms with van der Waals surface area (Å²) in [5, 5.41) is 0. The number of nitrogens with zero attached hydrogens (tertiary/aromatic N) is 6. The molecule has 0 atom stereocenters. The molecule has 0 saturated heterocycles. The smallest absolute Gasteiger partial charge is 3.00 e. The van der Waals surface area contributed by atoms with Crippen LogP contribution >= 0.6 is 0 Å². The molecule has 0 rings (SSSR count). The van der Waals surface area contributed by atoms with Crippen molar-refractivity contribution in [2.75, 3.05) is 0 Å². The first-order chi connectivity index (χ1) is 0. The maximum absolute atomic E-state index is 0. The minimum Gasteiger partial charge on any atom is -3.00 e. The second-order valence-corrected chi connectivity index (χ2v) is 0. The van der Waals surface area contributed by atoms with Gasteiger partial charge in [0.1, 0.15) is 0 Å². The summed E-state index contributed by atoms with van der Waals surface area (Å²) in [5.41, 5.74) is 0. The Hall–Kier alpha value is 8.94. The van der Waals surface area contributed by atoms with Crippen molar-refractivity contribution < 1.29 is 237 Å². The topological polar surface area (TPSA) is 354 Å². The summed E-state index contributed by atoms with van der Waals surface area (Å²) in [6, 6.07) is 0. The van der Waals surface area contributed by atoms with Crippen LogP contribution in [0, 0.1) is 204 Å². The fourth-order valence-electron chi connectivity index (χ4n) is 0. The molecule has 22 heteroatoms. The molecule has 0 unspecified atom stereocenters. The molecule has 0 fully saturated rings. The maximum atomic E-state index is 0. The Morgan fingerprint density at radius 1 is 0.182 bits per heavy atom. The summed E-state index contributed by atoms with van der Waals surface area (Å²) in [4.78, 5) is 0. The van der Waals surface area contributed by atoms with Crippen LogP contribution < -0.4 is 0 Å². The molecule has 0 spiro atoms. The zero-order chi connectivity index (χ0) is 0. The van der Waals surface area contributed by atoms with Crippen LogP contribution in [-0.4, -0.2) is 86.8 Å². The summed E-state index contributed by atoms with van der Waals surface area (Å²) >= 11 is 0. The Labute approximate surface area is 351 Å². The van der Waals surface area contributed by atoms with E-state index in [2.05, 4.69) is 0 Å². The van der Waals surface area contributed by atoms with Crippen LogP contribution in [0.25, 0.3) is 36.9 Å². The Balaban J connectivity index is 0. The third kappa shape index (κ3) is 283. The van der Waals surface area contributed by atoms with Gasteiger partial charge in [-0.2, -0.15) is 0 Å². The molecule has 0 aliphatic heterocycles. The first-order valence-electron chi connectivity index (χ1n) is 0. The van der Waals surface area contributed by atoms with Gasteiger partial charge < -0.3 is 69.8 Å². The molecule has 0 aliphatic rings. The summed E-state index contributed by atoms with van der Waals surface area (Å²) in [5.74, 6) is 0. The van der Waals surface area contributed by atoms with Crippen LogP contribution in [0.2, 0.25) is 0 Å². The molecule has 22 heavy (non-hydrogen) atoms. The van der Waals surface area contributed by atoms with Gasteiger partial charge in [0.15, 0.2) is 0 Å². The van der Waals surface area contributed by atoms with Crippen LogP contribution in [0.1, 0.15) is 0 Å². The summed E-state index contributed by atoms with van der Waals surface area (Å²) in [6.45, 7) is 0. The van der Waals surface area contributed by atoms with E-state index < -0.39 is 0 Å². The van der Waals surface area contributed by atoms with Crippen LogP contribution in [0.15, 0.2) is 0 Å². The fraction of sp³-hybridized carbons (Fsp3) is 0.